The molecule has 5 nitrogen and oxygen atoms in total. The van der Waals surface area contributed by atoms with Crippen molar-refractivity contribution in [3.05, 3.63) is 0 Å². The van der Waals surface area contributed by atoms with Crippen molar-refractivity contribution in [2.24, 2.45) is 0 Å². The van der Waals surface area contributed by atoms with Gasteiger partial charge in [0.1, 0.15) is 0 Å². The lowest BCUT2D eigenvalue weighted by Crippen LogP contribution is -2.43. The lowest BCUT2D eigenvalue weighted by atomic mass is 10.1. The van der Waals surface area contributed by atoms with E-state index in [-0.39, 0.29) is 5.91 Å². The van der Waals surface area contributed by atoms with Crippen LogP contribution in [0.1, 0.15) is 25.7 Å². The van der Waals surface area contributed by atoms with Crippen molar-refractivity contribution in [2.45, 2.75) is 31.7 Å². The number of rotatable bonds is 6. The first-order valence-corrected chi connectivity index (χ1v) is 7.90. The first-order valence-electron chi connectivity index (χ1n) is 7.90. The molecular weight excluding hydrogens is 254 g/mol. The number of nitrogens with zero attached hydrogens (tertiary/aromatic N) is 3. The Bertz CT molecular complexity index is 305. The second-order valence-corrected chi connectivity index (χ2v) is 6.11. The van der Waals surface area contributed by atoms with Gasteiger partial charge in [0.2, 0.25) is 5.91 Å². The third kappa shape index (κ3) is 4.43. The van der Waals surface area contributed by atoms with Crippen molar-refractivity contribution in [2.75, 3.05) is 60.0 Å². The molecule has 0 aliphatic carbocycles. The number of hydrogen-bond acceptors (Lipinski definition) is 4. The van der Waals surface area contributed by atoms with Crippen LogP contribution in [-0.4, -0.2) is 86.7 Å². The topological polar surface area (TPSA) is 36.0 Å². The molecule has 2 aliphatic heterocycles. The van der Waals surface area contributed by atoms with Crippen LogP contribution in [0.4, 0.5) is 0 Å². The number of carbonyl (C=O) groups is 1. The minimum atomic E-state index is 0.267. The molecule has 2 aliphatic rings. The fraction of sp³-hybridized carbons (Fsp3) is 0.933. The predicted octanol–water partition coefficient (Wildman–Crippen LogP) is 0.651. The lowest BCUT2D eigenvalue weighted by molar-refractivity contribution is -0.131. The Kier molecular flexibility index (Phi) is 6.26. The van der Waals surface area contributed by atoms with Crippen LogP contribution in [0.2, 0.25) is 0 Å². The van der Waals surface area contributed by atoms with Crippen molar-refractivity contribution >= 4 is 5.91 Å². The number of ether oxygens (including phenoxy) is 1. The molecule has 0 aromatic rings. The third-order valence-electron chi connectivity index (χ3n) is 4.51. The van der Waals surface area contributed by atoms with E-state index >= 15 is 0 Å². The SMILES string of the molecule is COCCN(C)CC(=O)N1CCC(N2CCCCC2)C1. The van der Waals surface area contributed by atoms with Crippen LogP contribution in [0.5, 0.6) is 0 Å². The van der Waals surface area contributed by atoms with Gasteiger partial charge < -0.3 is 9.64 Å². The van der Waals surface area contributed by atoms with Crippen molar-refractivity contribution in [3.8, 4) is 0 Å². The Balaban J connectivity index is 1.72. The smallest absolute Gasteiger partial charge is 0.236 e. The van der Waals surface area contributed by atoms with Crippen LogP contribution in [0, 0.1) is 0 Å². The molecule has 0 saturated carbocycles. The molecular formula is C15H29N3O2. The molecule has 0 bridgehead atoms. The van der Waals surface area contributed by atoms with Gasteiger partial charge in [-0.15, -0.1) is 0 Å². The van der Waals surface area contributed by atoms with Gasteiger partial charge >= 0.3 is 0 Å². The number of carbonyl (C=O) groups excluding carboxylic acids is 1. The van der Waals surface area contributed by atoms with Gasteiger partial charge in [0.05, 0.1) is 13.2 Å². The highest BCUT2D eigenvalue weighted by Gasteiger charge is 2.30. The molecule has 0 aromatic heterocycles. The van der Waals surface area contributed by atoms with Crippen molar-refractivity contribution in [1.29, 1.82) is 0 Å². The van der Waals surface area contributed by atoms with Gasteiger partial charge in [-0.05, 0) is 39.4 Å². The molecule has 20 heavy (non-hydrogen) atoms. The van der Waals surface area contributed by atoms with E-state index in [1.54, 1.807) is 7.11 Å². The van der Waals surface area contributed by atoms with Crippen LogP contribution >= 0.6 is 0 Å². The lowest BCUT2D eigenvalue weighted by Gasteiger charge is -2.32. The minimum Gasteiger partial charge on any atom is -0.383 e. The fourth-order valence-electron chi connectivity index (χ4n) is 3.21. The molecule has 5 heteroatoms. The highest BCUT2D eigenvalue weighted by atomic mass is 16.5. The summed E-state index contributed by atoms with van der Waals surface area (Å²) in [5, 5.41) is 0. The van der Waals surface area contributed by atoms with Crippen molar-refractivity contribution in [1.82, 2.24) is 14.7 Å². The number of piperidine rings is 1. The van der Waals surface area contributed by atoms with Gasteiger partial charge in [-0.3, -0.25) is 14.6 Å². The van der Waals surface area contributed by atoms with Gasteiger partial charge in [-0.25, -0.2) is 0 Å². The molecule has 2 heterocycles. The summed E-state index contributed by atoms with van der Waals surface area (Å²) in [5.41, 5.74) is 0. The van der Waals surface area contributed by atoms with E-state index in [4.69, 9.17) is 4.74 Å². The molecule has 2 rings (SSSR count). The van der Waals surface area contributed by atoms with E-state index in [1.807, 2.05) is 16.8 Å². The van der Waals surface area contributed by atoms with Gasteiger partial charge in [-0.2, -0.15) is 0 Å². The Morgan fingerprint density at radius 1 is 1.25 bits per heavy atom. The molecule has 0 radical (unpaired) electrons. The van der Waals surface area contributed by atoms with E-state index in [9.17, 15) is 4.79 Å². The second kappa shape index (κ2) is 7.96. The maximum Gasteiger partial charge on any atom is 0.236 e. The summed E-state index contributed by atoms with van der Waals surface area (Å²) in [6.07, 6.45) is 5.16. The van der Waals surface area contributed by atoms with Crippen LogP contribution in [0.15, 0.2) is 0 Å². The van der Waals surface area contributed by atoms with Crippen LogP contribution in [0.25, 0.3) is 0 Å². The average Bonchev–Trinajstić information content (AvgIpc) is 2.96. The van der Waals surface area contributed by atoms with Gasteiger partial charge in [0.25, 0.3) is 0 Å². The van der Waals surface area contributed by atoms with Crippen molar-refractivity contribution < 1.29 is 9.53 Å². The molecule has 1 atom stereocenters. The molecule has 0 aromatic carbocycles. The van der Waals surface area contributed by atoms with Crippen LogP contribution in [-0.2, 0) is 9.53 Å². The van der Waals surface area contributed by atoms with E-state index in [0.29, 0.717) is 19.2 Å². The monoisotopic (exact) mass is 283 g/mol. The minimum absolute atomic E-state index is 0.267. The quantitative estimate of drug-likeness (QED) is 0.717. The average molecular weight is 283 g/mol. The van der Waals surface area contributed by atoms with Gasteiger partial charge in [-0.1, -0.05) is 6.42 Å². The Morgan fingerprint density at radius 3 is 2.70 bits per heavy atom. The zero-order chi connectivity index (χ0) is 14.4. The molecule has 2 fully saturated rings. The summed E-state index contributed by atoms with van der Waals surface area (Å²) < 4.78 is 5.04. The molecule has 0 N–H and O–H groups in total. The predicted molar refractivity (Wildman–Crippen MR) is 79.8 cm³/mol. The number of likely N-dealkylation sites (N-methyl/N-ethyl adjacent to an activating group) is 1. The summed E-state index contributed by atoms with van der Waals surface area (Å²) in [6, 6.07) is 0.600. The van der Waals surface area contributed by atoms with Crippen LogP contribution in [0.3, 0.4) is 0 Å². The first kappa shape index (κ1) is 15.7. The Labute approximate surface area is 122 Å². The highest BCUT2D eigenvalue weighted by molar-refractivity contribution is 5.78. The van der Waals surface area contributed by atoms with E-state index in [1.165, 1.54) is 32.4 Å². The number of amides is 1. The summed E-state index contributed by atoms with van der Waals surface area (Å²) in [4.78, 5) is 18.9. The van der Waals surface area contributed by atoms with E-state index in [0.717, 1.165) is 26.1 Å². The van der Waals surface area contributed by atoms with Gasteiger partial charge in [0, 0.05) is 32.8 Å². The largest absolute Gasteiger partial charge is 0.383 e. The Hall–Kier alpha value is -0.650. The summed E-state index contributed by atoms with van der Waals surface area (Å²) in [6.45, 7) is 6.30. The molecule has 1 unspecified atom stereocenters. The zero-order valence-electron chi connectivity index (χ0n) is 13.0. The maximum atomic E-state index is 12.3. The maximum absolute atomic E-state index is 12.3. The van der Waals surface area contributed by atoms with Crippen molar-refractivity contribution in [3.63, 3.8) is 0 Å². The standard InChI is InChI=1S/C15H29N3O2/c1-16(10-11-20-2)13-15(19)18-9-6-14(12-18)17-7-4-3-5-8-17/h14H,3-13H2,1-2H3. The first-order chi connectivity index (χ1) is 9.70. The van der Waals surface area contributed by atoms with E-state index < -0.39 is 0 Å². The number of methoxy groups -OCH3 is 1. The second-order valence-electron chi connectivity index (χ2n) is 6.11. The molecule has 1 amide bonds. The normalized spacial score (nSPS) is 24.6. The number of likely N-dealkylation sites (tertiary alicyclic amines) is 2. The molecule has 2 saturated heterocycles. The zero-order valence-corrected chi connectivity index (χ0v) is 13.0. The summed E-state index contributed by atoms with van der Waals surface area (Å²) >= 11 is 0. The third-order valence-corrected chi connectivity index (χ3v) is 4.51. The molecule has 0 spiro atoms. The Morgan fingerprint density at radius 2 is 2.00 bits per heavy atom. The van der Waals surface area contributed by atoms with Crippen LogP contribution < -0.4 is 0 Å². The summed E-state index contributed by atoms with van der Waals surface area (Å²) in [7, 11) is 3.68. The van der Waals surface area contributed by atoms with Gasteiger partial charge in [0.15, 0.2) is 0 Å². The van der Waals surface area contributed by atoms with E-state index in [2.05, 4.69) is 4.90 Å². The fourth-order valence-corrected chi connectivity index (χ4v) is 3.21. The highest BCUT2D eigenvalue weighted by Crippen LogP contribution is 2.20. The summed E-state index contributed by atoms with van der Waals surface area (Å²) in [5.74, 6) is 0.267. The molecule has 116 valence electrons. The number of hydrogen-bond donors (Lipinski definition) is 0.